The third-order valence-corrected chi connectivity index (χ3v) is 8.59. The molecule has 41 heavy (non-hydrogen) atoms. The van der Waals surface area contributed by atoms with Gasteiger partial charge in [0, 0.05) is 24.8 Å². The molecule has 1 aromatic carbocycles. The normalized spacial score (nSPS) is 29.1. The standard InChI is InChI=1S/C27H32ClN9O4/c1-26(2)8-9-41-19-14(4-3-5-15(19)26)22(39)33-18-12-37-25(30)34-17(20-27(37,21(18)38)36-24(29)35-20)11-32-23(40)16-7-6-13(28)10-31-16/h3-7,10,17-18,20-21,38H,8-9,11-12H2,1-2H3,(H2,30,34)(H,32,40)(H,33,39)(H3,29,35,36)/t17-,18?,20?,21+,27?/m0/s1. The van der Waals surface area contributed by atoms with E-state index < -0.39 is 35.8 Å². The molecule has 0 aliphatic carbocycles. The van der Waals surface area contributed by atoms with E-state index in [1.54, 1.807) is 17.0 Å². The summed E-state index contributed by atoms with van der Waals surface area (Å²) in [4.78, 5) is 41.0. The molecule has 3 unspecified atom stereocenters. The number of aromatic nitrogens is 1. The number of halogens is 1. The molecular formula is C27H32ClN9O4. The number of nitrogens with zero attached hydrogens (tertiary/aromatic N) is 4. The minimum atomic E-state index is -1.27. The Morgan fingerprint density at radius 1 is 1.22 bits per heavy atom. The first kappa shape index (κ1) is 27.1. The Morgan fingerprint density at radius 2 is 2.02 bits per heavy atom. The molecule has 13 nitrogen and oxygen atoms in total. The quantitative estimate of drug-likeness (QED) is 0.274. The van der Waals surface area contributed by atoms with Crippen LogP contribution in [0, 0.1) is 0 Å². The number of hydrogen-bond acceptors (Lipinski definition) is 11. The third kappa shape index (κ3) is 4.39. The van der Waals surface area contributed by atoms with Crippen LogP contribution in [-0.2, 0) is 5.41 Å². The second kappa shape index (κ2) is 9.77. The van der Waals surface area contributed by atoms with Gasteiger partial charge in [0.05, 0.1) is 29.3 Å². The maximum Gasteiger partial charge on any atom is 0.269 e. The highest BCUT2D eigenvalue weighted by Crippen LogP contribution is 2.42. The summed E-state index contributed by atoms with van der Waals surface area (Å²) in [5, 5.41) is 21.0. The number of rotatable bonds is 5. The fourth-order valence-electron chi connectivity index (χ4n) is 6.20. The number of aliphatic imine (C=N–C) groups is 2. The van der Waals surface area contributed by atoms with Crippen molar-refractivity contribution in [3.63, 3.8) is 0 Å². The van der Waals surface area contributed by atoms with Crippen LogP contribution in [0.2, 0.25) is 5.02 Å². The molecule has 216 valence electrons. The van der Waals surface area contributed by atoms with E-state index in [4.69, 9.17) is 27.8 Å². The predicted octanol–water partition coefficient (Wildman–Crippen LogP) is -0.320. The maximum absolute atomic E-state index is 13.6. The number of amides is 2. The number of aliphatic hydroxyl groups is 1. The second-order valence-electron chi connectivity index (χ2n) is 11.3. The Morgan fingerprint density at radius 3 is 2.78 bits per heavy atom. The van der Waals surface area contributed by atoms with Crippen molar-refractivity contribution in [2.24, 2.45) is 21.5 Å². The van der Waals surface area contributed by atoms with E-state index in [9.17, 15) is 14.7 Å². The van der Waals surface area contributed by atoms with Gasteiger partial charge in [0.2, 0.25) is 0 Å². The minimum Gasteiger partial charge on any atom is -0.492 e. The number of para-hydroxylation sites is 1. The molecule has 1 spiro atoms. The molecule has 0 saturated carbocycles. The highest BCUT2D eigenvalue weighted by Gasteiger charge is 2.65. The van der Waals surface area contributed by atoms with Gasteiger partial charge in [-0.15, -0.1) is 0 Å². The highest BCUT2D eigenvalue weighted by molar-refractivity contribution is 6.30. The monoisotopic (exact) mass is 581 g/mol. The number of ether oxygens (including phenoxy) is 1. The molecule has 2 aromatic rings. The van der Waals surface area contributed by atoms with Crippen LogP contribution in [0.15, 0.2) is 46.5 Å². The van der Waals surface area contributed by atoms with Crippen molar-refractivity contribution in [2.45, 2.75) is 55.6 Å². The van der Waals surface area contributed by atoms with E-state index >= 15 is 0 Å². The minimum absolute atomic E-state index is 0.0512. The molecule has 0 bridgehead atoms. The van der Waals surface area contributed by atoms with Crippen molar-refractivity contribution in [1.82, 2.24) is 25.8 Å². The van der Waals surface area contributed by atoms with Gasteiger partial charge >= 0.3 is 0 Å². The molecule has 4 aliphatic rings. The van der Waals surface area contributed by atoms with Crippen LogP contribution in [0.1, 0.15) is 46.7 Å². The molecule has 0 radical (unpaired) electrons. The summed E-state index contributed by atoms with van der Waals surface area (Å²) in [5.74, 6) is -0.0254. The lowest BCUT2D eigenvalue weighted by Crippen LogP contribution is -2.73. The summed E-state index contributed by atoms with van der Waals surface area (Å²) in [5.41, 5.74) is 12.6. The molecule has 1 saturated heterocycles. The number of aliphatic hydroxyl groups excluding tert-OH is 1. The van der Waals surface area contributed by atoms with E-state index in [-0.39, 0.29) is 42.0 Å². The van der Waals surface area contributed by atoms with E-state index in [0.29, 0.717) is 22.9 Å². The molecule has 1 fully saturated rings. The van der Waals surface area contributed by atoms with Gasteiger partial charge in [0.25, 0.3) is 11.8 Å². The van der Waals surface area contributed by atoms with Crippen LogP contribution < -0.4 is 32.2 Å². The number of nitrogens with two attached hydrogens (primary N) is 2. The fraction of sp³-hybridized carbons (Fsp3) is 0.444. The van der Waals surface area contributed by atoms with Crippen LogP contribution in [0.3, 0.4) is 0 Å². The first-order valence-corrected chi connectivity index (χ1v) is 13.8. The topological polar surface area (TPSA) is 193 Å². The molecular weight excluding hydrogens is 550 g/mol. The van der Waals surface area contributed by atoms with Crippen molar-refractivity contribution in [3.8, 4) is 5.75 Å². The van der Waals surface area contributed by atoms with Gasteiger partial charge in [-0.2, -0.15) is 0 Å². The first-order chi connectivity index (χ1) is 19.5. The molecule has 1 aromatic heterocycles. The lowest BCUT2D eigenvalue weighted by molar-refractivity contribution is 0.0143. The van der Waals surface area contributed by atoms with E-state index in [1.807, 2.05) is 12.1 Å². The molecule has 6 rings (SSSR count). The van der Waals surface area contributed by atoms with E-state index in [0.717, 1.165) is 12.0 Å². The molecule has 5 heterocycles. The summed E-state index contributed by atoms with van der Waals surface area (Å²) in [6.45, 7) is 4.96. The van der Waals surface area contributed by atoms with Gasteiger partial charge in [-0.1, -0.05) is 37.6 Å². The predicted molar refractivity (Wildman–Crippen MR) is 152 cm³/mol. The van der Waals surface area contributed by atoms with Gasteiger partial charge in [-0.05, 0) is 30.0 Å². The Balaban J connectivity index is 1.22. The van der Waals surface area contributed by atoms with Crippen LogP contribution in [-0.4, -0.2) is 88.3 Å². The summed E-state index contributed by atoms with van der Waals surface area (Å²) >= 11 is 5.87. The second-order valence-corrected chi connectivity index (χ2v) is 11.8. The van der Waals surface area contributed by atoms with E-state index in [2.05, 4.69) is 44.8 Å². The Labute approximate surface area is 241 Å². The average Bonchev–Trinajstić information content (AvgIpc) is 3.43. The van der Waals surface area contributed by atoms with Crippen molar-refractivity contribution >= 4 is 35.3 Å². The van der Waals surface area contributed by atoms with Crippen molar-refractivity contribution < 1.29 is 19.4 Å². The van der Waals surface area contributed by atoms with Gasteiger partial charge in [0.1, 0.15) is 23.6 Å². The third-order valence-electron chi connectivity index (χ3n) is 8.36. The number of nitrogens with one attached hydrogen (secondary N) is 3. The van der Waals surface area contributed by atoms with Crippen molar-refractivity contribution in [1.29, 1.82) is 0 Å². The number of benzene rings is 1. The summed E-state index contributed by atoms with van der Waals surface area (Å²) in [6.07, 6.45) is 1.05. The zero-order chi connectivity index (χ0) is 29.1. The molecule has 5 atom stereocenters. The Kier molecular flexibility index (Phi) is 6.46. The number of hydrogen-bond donors (Lipinski definition) is 6. The van der Waals surface area contributed by atoms with Crippen LogP contribution in [0.25, 0.3) is 0 Å². The largest absolute Gasteiger partial charge is 0.492 e. The average molecular weight is 582 g/mol. The smallest absolute Gasteiger partial charge is 0.269 e. The number of carbonyl (C=O) groups excluding carboxylic acids is 2. The summed E-state index contributed by atoms with van der Waals surface area (Å²) < 4.78 is 5.93. The van der Waals surface area contributed by atoms with Crippen molar-refractivity contribution in [2.75, 3.05) is 19.7 Å². The first-order valence-electron chi connectivity index (χ1n) is 13.4. The summed E-state index contributed by atoms with van der Waals surface area (Å²) in [6, 6.07) is 6.49. The zero-order valence-corrected chi connectivity index (χ0v) is 23.4. The van der Waals surface area contributed by atoms with Gasteiger partial charge in [-0.3, -0.25) is 9.59 Å². The molecule has 8 N–H and O–H groups in total. The Hall–Kier alpha value is -4.10. The molecule has 2 amide bonds. The van der Waals surface area contributed by atoms with Gasteiger partial charge in [0.15, 0.2) is 17.6 Å². The van der Waals surface area contributed by atoms with E-state index in [1.165, 1.54) is 12.3 Å². The summed E-state index contributed by atoms with van der Waals surface area (Å²) in [7, 11) is 0. The molecule has 4 aliphatic heterocycles. The van der Waals surface area contributed by atoms with Gasteiger partial charge < -0.3 is 42.2 Å². The van der Waals surface area contributed by atoms with Crippen molar-refractivity contribution in [3.05, 3.63) is 58.4 Å². The lowest BCUT2D eigenvalue weighted by Gasteiger charge is -2.46. The lowest BCUT2D eigenvalue weighted by atomic mass is 9.79. The molecule has 14 heteroatoms. The van der Waals surface area contributed by atoms with Crippen LogP contribution >= 0.6 is 11.6 Å². The highest BCUT2D eigenvalue weighted by atomic mass is 35.5. The van der Waals surface area contributed by atoms with Crippen LogP contribution in [0.5, 0.6) is 5.75 Å². The Bertz CT molecular complexity index is 1460. The SMILES string of the molecule is CC1(C)CCOc2c(C(=O)NC3CN4C(N)=N[C@@H](CNC(=O)c5ccc(Cl)cn5)C5N=C(N)NC54[C@@H]3O)cccc21. The number of carbonyl (C=O) groups is 2. The zero-order valence-electron chi connectivity index (χ0n) is 22.6. The number of pyridine rings is 1. The van der Waals surface area contributed by atoms with Gasteiger partial charge in [-0.25, -0.2) is 15.0 Å². The fourth-order valence-corrected chi connectivity index (χ4v) is 6.31. The van der Waals surface area contributed by atoms with Crippen LogP contribution in [0.4, 0.5) is 0 Å². The maximum atomic E-state index is 13.6. The number of fused-ring (bicyclic) bond motifs is 1. The number of guanidine groups is 2.